The lowest BCUT2D eigenvalue weighted by Gasteiger charge is -2.17. The van der Waals surface area contributed by atoms with Crippen LogP contribution in [0.2, 0.25) is 0 Å². The molecular weight excluding hydrogens is 511 g/mol. The third kappa shape index (κ3) is 5.31. The zero-order chi connectivity index (χ0) is 22.8. The summed E-state index contributed by atoms with van der Waals surface area (Å²) >= 11 is 3.02. The highest BCUT2D eigenvalue weighted by atomic mass is 79.9. The van der Waals surface area contributed by atoms with Gasteiger partial charge in [0.2, 0.25) is 0 Å². The topological polar surface area (TPSA) is 117 Å². The molecule has 0 unspecified atom stereocenters. The highest BCUT2D eigenvalue weighted by molar-refractivity contribution is 9.09. The van der Waals surface area contributed by atoms with Crippen LogP contribution in [-0.2, 0) is 19.0 Å². The quantitative estimate of drug-likeness (QED) is 0.349. The lowest BCUT2D eigenvalue weighted by Crippen LogP contribution is -2.34. The molecular formula is C17H15BrF3N3O6S. The van der Waals surface area contributed by atoms with Gasteiger partial charge in [-0.15, -0.1) is 0 Å². The van der Waals surface area contributed by atoms with E-state index in [2.05, 4.69) is 30.4 Å². The van der Waals surface area contributed by atoms with E-state index in [-0.39, 0.29) is 17.6 Å². The number of benzene rings is 1. The number of alkyl halides is 4. The Hall–Kier alpha value is -2.29. The van der Waals surface area contributed by atoms with E-state index < -0.39 is 45.7 Å². The number of carbonyl (C=O) groups is 1. The van der Waals surface area contributed by atoms with Crippen LogP contribution in [0.1, 0.15) is 23.0 Å². The summed E-state index contributed by atoms with van der Waals surface area (Å²) in [5, 5.41) is 2.42. The number of nitrogens with one attached hydrogen (secondary N) is 1. The van der Waals surface area contributed by atoms with Gasteiger partial charge in [-0.25, -0.2) is 4.79 Å². The minimum atomic E-state index is -5.84. The molecule has 1 fully saturated rings. The van der Waals surface area contributed by atoms with Crippen LogP contribution in [-0.4, -0.2) is 46.9 Å². The van der Waals surface area contributed by atoms with Crippen molar-refractivity contribution < 1.29 is 35.3 Å². The number of ether oxygens (including phenoxy) is 1. The first-order chi connectivity index (χ1) is 14.5. The maximum absolute atomic E-state index is 12.6. The van der Waals surface area contributed by atoms with Crippen LogP contribution < -0.4 is 11.0 Å². The van der Waals surface area contributed by atoms with Crippen molar-refractivity contribution >= 4 is 37.8 Å². The Labute approximate surface area is 182 Å². The van der Waals surface area contributed by atoms with E-state index in [0.29, 0.717) is 5.56 Å². The van der Waals surface area contributed by atoms with Gasteiger partial charge in [0.15, 0.2) is 0 Å². The Bertz CT molecular complexity index is 1110. The predicted octanol–water partition coefficient (Wildman–Crippen LogP) is 2.41. The van der Waals surface area contributed by atoms with E-state index in [1.54, 1.807) is 30.3 Å². The molecule has 3 atom stereocenters. The molecule has 0 aliphatic carbocycles. The molecule has 168 valence electrons. The van der Waals surface area contributed by atoms with Gasteiger partial charge in [0.1, 0.15) is 18.1 Å². The first-order valence-corrected chi connectivity index (χ1v) is 11.2. The Morgan fingerprint density at radius 1 is 1.29 bits per heavy atom. The summed E-state index contributed by atoms with van der Waals surface area (Å²) in [6.07, 6.45) is -2.77. The zero-order valence-electron chi connectivity index (χ0n) is 15.5. The molecule has 0 bridgehead atoms. The lowest BCUT2D eigenvalue weighted by molar-refractivity contribution is -0.0602. The molecule has 0 spiro atoms. The van der Waals surface area contributed by atoms with Gasteiger partial charge in [0.05, 0.1) is 6.10 Å². The summed E-state index contributed by atoms with van der Waals surface area (Å²) in [4.78, 5) is 28.2. The number of halogens is 4. The number of anilines is 1. The van der Waals surface area contributed by atoms with Crippen molar-refractivity contribution in [2.75, 3.05) is 10.6 Å². The molecule has 0 radical (unpaired) electrons. The Morgan fingerprint density at radius 3 is 2.55 bits per heavy atom. The van der Waals surface area contributed by atoms with Crippen molar-refractivity contribution in [1.82, 2.24) is 9.55 Å². The highest BCUT2D eigenvalue weighted by Gasteiger charge is 2.51. The van der Waals surface area contributed by atoms with Crippen molar-refractivity contribution in [2.24, 2.45) is 0 Å². The van der Waals surface area contributed by atoms with Gasteiger partial charge in [-0.05, 0) is 18.2 Å². The average molecular weight is 526 g/mol. The van der Waals surface area contributed by atoms with Crippen LogP contribution in [0.5, 0.6) is 0 Å². The molecule has 1 aliphatic heterocycles. The number of amides is 1. The molecule has 1 aliphatic rings. The van der Waals surface area contributed by atoms with Crippen LogP contribution in [0.3, 0.4) is 0 Å². The lowest BCUT2D eigenvalue weighted by atomic mass is 10.2. The van der Waals surface area contributed by atoms with Crippen molar-refractivity contribution in [1.29, 1.82) is 0 Å². The molecule has 1 aromatic carbocycles. The monoisotopic (exact) mass is 525 g/mol. The fourth-order valence-corrected chi connectivity index (χ4v) is 4.01. The predicted molar refractivity (Wildman–Crippen MR) is 105 cm³/mol. The van der Waals surface area contributed by atoms with Gasteiger partial charge in [-0.3, -0.25) is 13.5 Å². The Kier molecular flexibility index (Phi) is 6.83. The Morgan fingerprint density at radius 2 is 1.97 bits per heavy atom. The highest BCUT2D eigenvalue weighted by Crippen LogP contribution is 2.35. The van der Waals surface area contributed by atoms with E-state index in [0.717, 1.165) is 4.57 Å². The summed E-state index contributed by atoms with van der Waals surface area (Å²) in [5.74, 6) is -0.537. The molecule has 31 heavy (non-hydrogen) atoms. The number of aromatic nitrogens is 2. The van der Waals surface area contributed by atoms with E-state index in [4.69, 9.17) is 4.74 Å². The maximum Gasteiger partial charge on any atom is 0.523 e. The molecule has 14 heteroatoms. The van der Waals surface area contributed by atoms with Crippen molar-refractivity contribution in [3.8, 4) is 0 Å². The average Bonchev–Trinajstić information content (AvgIpc) is 3.09. The summed E-state index contributed by atoms with van der Waals surface area (Å²) in [7, 11) is -5.84. The zero-order valence-corrected chi connectivity index (χ0v) is 17.9. The van der Waals surface area contributed by atoms with Crippen LogP contribution in [0.25, 0.3) is 0 Å². The second-order valence-corrected chi connectivity index (χ2v) is 8.59. The van der Waals surface area contributed by atoms with Crippen molar-refractivity contribution in [2.45, 2.75) is 30.4 Å². The molecule has 1 amide bonds. The van der Waals surface area contributed by atoms with Crippen LogP contribution in [0.15, 0.2) is 47.4 Å². The number of hydrogen-bond donors (Lipinski definition) is 1. The summed E-state index contributed by atoms with van der Waals surface area (Å²) in [6, 6.07) is 9.49. The summed E-state index contributed by atoms with van der Waals surface area (Å²) in [5.41, 5.74) is -6.10. The molecule has 1 N–H and O–H groups in total. The third-order valence-corrected chi connectivity index (χ3v) is 5.99. The van der Waals surface area contributed by atoms with E-state index in [1.165, 1.54) is 12.3 Å². The van der Waals surface area contributed by atoms with Gasteiger partial charge in [-0.1, -0.05) is 34.1 Å². The largest absolute Gasteiger partial charge is 0.523 e. The third-order valence-electron chi connectivity index (χ3n) is 4.28. The van der Waals surface area contributed by atoms with Gasteiger partial charge in [0.25, 0.3) is 5.91 Å². The SMILES string of the molecule is O=C(Nc1ccn([C@@H]2C[C@H](OS(=O)(=O)C(F)(F)F)[C@@H](CBr)O2)c(=O)n1)c1ccccc1. The molecule has 3 rings (SSSR count). The normalized spacial score (nSPS) is 21.7. The minimum Gasteiger partial charge on any atom is -0.351 e. The van der Waals surface area contributed by atoms with Crippen LogP contribution >= 0.6 is 15.9 Å². The molecule has 9 nitrogen and oxygen atoms in total. The molecule has 1 aromatic heterocycles. The minimum absolute atomic E-state index is 0.0328. The molecule has 0 saturated carbocycles. The Balaban J connectivity index is 1.74. The second kappa shape index (κ2) is 9.06. The first kappa shape index (κ1) is 23.4. The van der Waals surface area contributed by atoms with E-state index in [1.807, 2.05) is 0 Å². The number of nitrogens with zero attached hydrogens (tertiary/aromatic N) is 2. The fourth-order valence-electron chi connectivity index (χ4n) is 2.81. The standard InChI is InChI=1S/C17H15BrF3N3O6S/c18-9-12-11(30-31(27,28)17(19,20)21)8-14(29-12)24-7-6-13(23-16(24)26)22-15(25)10-4-2-1-3-5-10/h1-7,11-12,14H,8-9H2,(H,22,23,25,26)/t11-,12+,14-/m0/s1. The smallest absolute Gasteiger partial charge is 0.351 e. The fraction of sp³-hybridized carbons (Fsp3) is 0.353. The first-order valence-electron chi connectivity index (χ1n) is 8.68. The van der Waals surface area contributed by atoms with Crippen molar-refractivity contribution in [3.05, 3.63) is 58.6 Å². The van der Waals surface area contributed by atoms with Crippen LogP contribution in [0.4, 0.5) is 19.0 Å². The molecule has 2 heterocycles. The number of hydrogen-bond acceptors (Lipinski definition) is 7. The molecule has 1 saturated heterocycles. The van der Waals surface area contributed by atoms with E-state index in [9.17, 15) is 31.2 Å². The second-order valence-electron chi connectivity index (χ2n) is 6.38. The van der Waals surface area contributed by atoms with Gasteiger partial charge >= 0.3 is 21.3 Å². The van der Waals surface area contributed by atoms with E-state index >= 15 is 0 Å². The van der Waals surface area contributed by atoms with Gasteiger partial charge < -0.3 is 10.1 Å². The van der Waals surface area contributed by atoms with Crippen LogP contribution in [0, 0.1) is 0 Å². The molecule has 2 aromatic rings. The summed E-state index contributed by atoms with van der Waals surface area (Å²) in [6.45, 7) is 0. The van der Waals surface area contributed by atoms with Gasteiger partial charge in [0, 0.05) is 23.5 Å². The summed E-state index contributed by atoms with van der Waals surface area (Å²) < 4.78 is 71.2. The number of carbonyl (C=O) groups excluding carboxylic acids is 1. The van der Waals surface area contributed by atoms with Gasteiger partial charge in [-0.2, -0.15) is 26.6 Å². The number of rotatable bonds is 6. The van der Waals surface area contributed by atoms with Crippen molar-refractivity contribution in [3.63, 3.8) is 0 Å². The maximum atomic E-state index is 12.6.